The number of aliphatic carboxylic acids is 1. The second kappa shape index (κ2) is 3.89. The SMILES string of the molecule is O=C(O)NC(=CBr)C(=O)O. The average molecular weight is 210 g/mol. The minimum Gasteiger partial charge on any atom is -0.477 e. The fourth-order valence-electron chi connectivity index (χ4n) is 0.243. The van der Waals surface area contributed by atoms with Crippen molar-refractivity contribution in [2.45, 2.75) is 0 Å². The quantitative estimate of drug-likeness (QED) is 0.581. The van der Waals surface area contributed by atoms with Gasteiger partial charge in [0.15, 0.2) is 0 Å². The van der Waals surface area contributed by atoms with E-state index in [1.807, 2.05) is 0 Å². The average Bonchev–Trinajstić information content (AvgIpc) is 1.81. The van der Waals surface area contributed by atoms with Crippen LogP contribution < -0.4 is 5.32 Å². The highest BCUT2D eigenvalue weighted by atomic mass is 79.9. The lowest BCUT2D eigenvalue weighted by Gasteiger charge is -1.97. The standard InChI is InChI=1S/C4H4BrNO4/c5-1-2(3(7)8)6-4(9)10/h1,6H,(H,7,8)(H,9,10). The highest BCUT2D eigenvalue weighted by Crippen LogP contribution is 1.93. The molecule has 0 aromatic rings. The van der Waals surface area contributed by atoms with E-state index in [4.69, 9.17) is 10.2 Å². The minimum absolute atomic E-state index is 0.424. The van der Waals surface area contributed by atoms with Crippen molar-refractivity contribution in [2.24, 2.45) is 0 Å². The van der Waals surface area contributed by atoms with Crippen LogP contribution >= 0.6 is 15.9 Å². The van der Waals surface area contributed by atoms with E-state index in [9.17, 15) is 9.59 Å². The molecule has 6 heteroatoms. The number of carboxylic acid groups (broad SMARTS) is 2. The number of nitrogens with one attached hydrogen (secondary N) is 1. The first-order chi connectivity index (χ1) is 4.57. The number of carbonyl (C=O) groups is 2. The first-order valence-electron chi connectivity index (χ1n) is 2.11. The molecule has 0 radical (unpaired) electrons. The van der Waals surface area contributed by atoms with Crippen molar-refractivity contribution in [1.82, 2.24) is 5.32 Å². The Morgan fingerprint density at radius 1 is 1.40 bits per heavy atom. The molecule has 0 aliphatic carbocycles. The van der Waals surface area contributed by atoms with Crippen molar-refractivity contribution in [3.63, 3.8) is 0 Å². The molecule has 56 valence electrons. The van der Waals surface area contributed by atoms with E-state index in [-0.39, 0.29) is 0 Å². The van der Waals surface area contributed by atoms with Crippen molar-refractivity contribution in [3.05, 3.63) is 10.7 Å². The summed E-state index contributed by atoms with van der Waals surface area (Å²) >= 11 is 2.68. The van der Waals surface area contributed by atoms with Gasteiger partial charge in [-0.3, -0.25) is 5.32 Å². The molecule has 0 rings (SSSR count). The zero-order valence-corrected chi connectivity index (χ0v) is 6.25. The van der Waals surface area contributed by atoms with Gasteiger partial charge in [-0.25, -0.2) is 9.59 Å². The Morgan fingerprint density at radius 2 is 1.90 bits per heavy atom. The van der Waals surface area contributed by atoms with Gasteiger partial charge in [-0.1, -0.05) is 15.9 Å². The van der Waals surface area contributed by atoms with Crippen LogP contribution in [0, 0.1) is 0 Å². The Labute approximate surface area is 64.5 Å². The lowest BCUT2D eigenvalue weighted by Crippen LogP contribution is -2.24. The van der Waals surface area contributed by atoms with Gasteiger partial charge in [0.2, 0.25) is 0 Å². The summed E-state index contributed by atoms with van der Waals surface area (Å²) in [5, 5.41) is 17.9. The highest BCUT2D eigenvalue weighted by Gasteiger charge is 2.07. The molecule has 0 fully saturated rings. The Bertz CT molecular complexity index is 188. The van der Waals surface area contributed by atoms with Gasteiger partial charge in [0.25, 0.3) is 0 Å². The van der Waals surface area contributed by atoms with Gasteiger partial charge >= 0.3 is 12.1 Å². The van der Waals surface area contributed by atoms with Gasteiger partial charge in [-0.15, -0.1) is 0 Å². The highest BCUT2D eigenvalue weighted by molar-refractivity contribution is 9.11. The summed E-state index contributed by atoms with van der Waals surface area (Å²) in [5.41, 5.74) is -0.424. The monoisotopic (exact) mass is 209 g/mol. The molecule has 0 spiro atoms. The third kappa shape index (κ3) is 3.08. The smallest absolute Gasteiger partial charge is 0.409 e. The summed E-state index contributed by atoms with van der Waals surface area (Å²) in [6, 6.07) is 0. The number of hydrogen-bond acceptors (Lipinski definition) is 2. The topological polar surface area (TPSA) is 86.6 Å². The van der Waals surface area contributed by atoms with Crippen LogP contribution in [0.2, 0.25) is 0 Å². The van der Waals surface area contributed by atoms with E-state index in [0.717, 1.165) is 4.99 Å². The minimum atomic E-state index is -1.41. The fraction of sp³-hybridized carbons (Fsp3) is 0. The molecule has 10 heavy (non-hydrogen) atoms. The summed E-state index contributed by atoms with van der Waals surface area (Å²) in [5.74, 6) is -1.33. The van der Waals surface area contributed by atoms with Crippen molar-refractivity contribution >= 4 is 28.0 Å². The molecular weight excluding hydrogens is 206 g/mol. The van der Waals surface area contributed by atoms with Gasteiger partial charge in [-0.05, 0) is 0 Å². The normalized spacial score (nSPS) is 10.7. The number of halogens is 1. The van der Waals surface area contributed by atoms with Gasteiger partial charge in [0.05, 0.1) is 0 Å². The summed E-state index contributed by atoms with van der Waals surface area (Å²) < 4.78 is 0. The molecule has 0 atom stereocenters. The summed E-state index contributed by atoms with van der Waals surface area (Å²) in [6.45, 7) is 0. The lowest BCUT2D eigenvalue weighted by molar-refractivity contribution is -0.133. The Balaban J connectivity index is 4.12. The van der Waals surface area contributed by atoms with Crippen LogP contribution in [0.5, 0.6) is 0 Å². The fourth-order valence-corrected chi connectivity index (χ4v) is 0.553. The molecule has 0 bridgehead atoms. The van der Waals surface area contributed by atoms with Crippen LogP contribution in [0.25, 0.3) is 0 Å². The van der Waals surface area contributed by atoms with Crippen LogP contribution in [0.3, 0.4) is 0 Å². The molecule has 0 saturated heterocycles. The molecule has 1 amide bonds. The summed E-state index contributed by atoms with van der Waals surface area (Å²) in [4.78, 5) is 20.9. The van der Waals surface area contributed by atoms with Crippen molar-refractivity contribution in [2.75, 3.05) is 0 Å². The molecule has 0 aliphatic heterocycles. The van der Waals surface area contributed by atoms with E-state index in [1.165, 1.54) is 0 Å². The first-order valence-corrected chi connectivity index (χ1v) is 3.03. The van der Waals surface area contributed by atoms with Gasteiger partial charge < -0.3 is 10.2 Å². The largest absolute Gasteiger partial charge is 0.477 e. The Kier molecular flexibility index (Phi) is 3.48. The van der Waals surface area contributed by atoms with Crippen LogP contribution in [0.15, 0.2) is 10.7 Å². The molecular formula is C4H4BrNO4. The van der Waals surface area contributed by atoms with Gasteiger partial charge in [-0.2, -0.15) is 0 Å². The molecule has 0 aliphatic rings. The molecule has 0 unspecified atom stereocenters. The number of amides is 1. The van der Waals surface area contributed by atoms with E-state index in [2.05, 4.69) is 15.9 Å². The molecule has 0 saturated carbocycles. The predicted molar refractivity (Wildman–Crippen MR) is 35.8 cm³/mol. The van der Waals surface area contributed by atoms with Gasteiger partial charge in [0, 0.05) is 4.99 Å². The Hall–Kier alpha value is -1.04. The van der Waals surface area contributed by atoms with E-state index < -0.39 is 17.8 Å². The second-order valence-corrected chi connectivity index (χ2v) is 1.72. The third-order valence-corrected chi connectivity index (χ3v) is 1.04. The summed E-state index contributed by atoms with van der Waals surface area (Å²) in [7, 11) is 0. The number of carboxylic acids is 1. The van der Waals surface area contributed by atoms with Crippen LogP contribution in [-0.4, -0.2) is 22.3 Å². The van der Waals surface area contributed by atoms with Crippen LogP contribution in [0.4, 0.5) is 4.79 Å². The Morgan fingerprint density at radius 3 is 2.00 bits per heavy atom. The number of hydrogen-bond donors (Lipinski definition) is 3. The van der Waals surface area contributed by atoms with Crippen molar-refractivity contribution < 1.29 is 19.8 Å². The maximum atomic E-state index is 10.0. The molecule has 0 aromatic heterocycles. The van der Waals surface area contributed by atoms with Gasteiger partial charge in [0.1, 0.15) is 5.70 Å². The van der Waals surface area contributed by atoms with Crippen LogP contribution in [-0.2, 0) is 4.79 Å². The zero-order valence-electron chi connectivity index (χ0n) is 4.67. The molecule has 0 heterocycles. The lowest BCUT2D eigenvalue weighted by atomic mass is 10.5. The van der Waals surface area contributed by atoms with E-state index >= 15 is 0 Å². The first kappa shape index (κ1) is 8.96. The number of rotatable bonds is 2. The van der Waals surface area contributed by atoms with E-state index in [0.29, 0.717) is 0 Å². The van der Waals surface area contributed by atoms with Crippen molar-refractivity contribution in [1.29, 1.82) is 0 Å². The predicted octanol–water partition coefficient (Wildman–Crippen LogP) is 0.575. The third-order valence-electron chi connectivity index (χ3n) is 0.581. The second-order valence-electron chi connectivity index (χ2n) is 1.26. The maximum absolute atomic E-state index is 10.0. The van der Waals surface area contributed by atoms with Crippen LogP contribution in [0.1, 0.15) is 0 Å². The maximum Gasteiger partial charge on any atom is 0.409 e. The van der Waals surface area contributed by atoms with Crippen molar-refractivity contribution in [3.8, 4) is 0 Å². The molecule has 0 aromatic carbocycles. The zero-order chi connectivity index (χ0) is 8.15. The molecule has 5 nitrogen and oxygen atoms in total. The summed E-state index contributed by atoms with van der Waals surface area (Å²) in [6.07, 6.45) is -1.41. The molecule has 3 N–H and O–H groups in total. The van der Waals surface area contributed by atoms with E-state index in [1.54, 1.807) is 5.32 Å².